The average molecular weight is 324 g/mol. The molecule has 1 N–H and O–H groups in total. The van der Waals surface area contributed by atoms with E-state index in [4.69, 9.17) is 4.55 Å². The summed E-state index contributed by atoms with van der Waals surface area (Å²) in [7, 11) is -6.26. The molecule has 1 atom stereocenters. The largest absolute Gasteiger partial charge is 0.465 e. The number of hydrogen-bond acceptors (Lipinski definition) is 4. The summed E-state index contributed by atoms with van der Waals surface area (Å²) in [5.41, 5.74) is 0. The third-order valence-corrected chi connectivity index (χ3v) is 3.48. The van der Waals surface area contributed by atoms with E-state index in [1.165, 1.54) is 6.92 Å². The molecule has 0 spiro atoms. The second kappa shape index (κ2) is 6.70. The standard InChI is InChI=1S/C10H16F4O5S/c1-3-4-7(2)8(15)19-6-5-9(11,12)10(13,14)20(16,17)18/h7H,3-6H2,1-2H3,(H,16,17,18). The number of alkyl halides is 4. The van der Waals surface area contributed by atoms with E-state index in [-0.39, 0.29) is 0 Å². The first-order chi connectivity index (χ1) is 8.87. The van der Waals surface area contributed by atoms with Gasteiger partial charge >= 0.3 is 27.3 Å². The van der Waals surface area contributed by atoms with Crippen LogP contribution in [0.2, 0.25) is 0 Å². The van der Waals surface area contributed by atoms with E-state index in [2.05, 4.69) is 4.74 Å². The molecule has 0 rings (SSSR count). The molecule has 0 aromatic carbocycles. The maximum Gasteiger partial charge on any atom is 0.431 e. The van der Waals surface area contributed by atoms with Gasteiger partial charge in [0.2, 0.25) is 0 Å². The number of ether oxygens (including phenoxy) is 1. The molecule has 0 aromatic rings. The molecule has 5 nitrogen and oxygen atoms in total. The lowest BCUT2D eigenvalue weighted by molar-refractivity contribution is -0.175. The zero-order chi connectivity index (χ0) is 16.2. The first kappa shape index (κ1) is 19.1. The average Bonchev–Trinajstić information content (AvgIpc) is 2.27. The molecule has 0 saturated heterocycles. The zero-order valence-electron chi connectivity index (χ0n) is 10.9. The fraction of sp³-hybridized carbons (Fsp3) is 0.900. The molecular formula is C10H16F4O5S. The van der Waals surface area contributed by atoms with Crippen molar-refractivity contribution >= 4 is 16.1 Å². The Hall–Kier alpha value is -0.900. The van der Waals surface area contributed by atoms with Crippen LogP contribution in [0.1, 0.15) is 33.1 Å². The minimum absolute atomic E-state index is 0.441. The Kier molecular flexibility index (Phi) is 6.40. The van der Waals surface area contributed by atoms with Gasteiger partial charge in [-0.1, -0.05) is 20.3 Å². The van der Waals surface area contributed by atoms with Crippen LogP contribution in [0.15, 0.2) is 0 Å². The number of halogens is 4. The highest BCUT2D eigenvalue weighted by Crippen LogP contribution is 2.40. The molecule has 0 aliphatic rings. The lowest BCUT2D eigenvalue weighted by Crippen LogP contribution is -2.47. The highest BCUT2D eigenvalue weighted by molar-refractivity contribution is 7.87. The summed E-state index contributed by atoms with van der Waals surface area (Å²) in [5, 5.41) is -5.64. The fourth-order valence-electron chi connectivity index (χ4n) is 1.31. The van der Waals surface area contributed by atoms with Crippen molar-refractivity contribution in [2.24, 2.45) is 5.92 Å². The zero-order valence-corrected chi connectivity index (χ0v) is 11.7. The first-order valence-corrected chi connectivity index (χ1v) is 7.20. The Morgan fingerprint density at radius 1 is 1.30 bits per heavy atom. The minimum atomic E-state index is -6.26. The molecule has 0 radical (unpaired) electrons. The van der Waals surface area contributed by atoms with Gasteiger partial charge in [-0.3, -0.25) is 9.35 Å². The van der Waals surface area contributed by atoms with Crippen molar-refractivity contribution in [2.75, 3.05) is 6.61 Å². The smallest absolute Gasteiger partial charge is 0.431 e. The Balaban J connectivity index is 4.56. The van der Waals surface area contributed by atoms with Gasteiger partial charge in [0, 0.05) is 0 Å². The van der Waals surface area contributed by atoms with E-state index in [0.29, 0.717) is 12.8 Å². The SMILES string of the molecule is CCCC(C)C(=O)OCCC(F)(F)C(F)(F)S(=O)(=O)O. The van der Waals surface area contributed by atoms with Crippen molar-refractivity contribution < 1.29 is 40.1 Å². The van der Waals surface area contributed by atoms with Gasteiger partial charge in [-0.2, -0.15) is 26.0 Å². The summed E-state index contributed by atoms with van der Waals surface area (Å²) in [4.78, 5) is 11.2. The molecule has 0 bridgehead atoms. The minimum Gasteiger partial charge on any atom is -0.465 e. The highest BCUT2D eigenvalue weighted by atomic mass is 32.2. The van der Waals surface area contributed by atoms with E-state index >= 15 is 0 Å². The van der Waals surface area contributed by atoms with Crippen LogP contribution in [-0.2, 0) is 19.6 Å². The van der Waals surface area contributed by atoms with E-state index in [0.717, 1.165) is 0 Å². The molecular weight excluding hydrogens is 308 g/mol. The third kappa shape index (κ3) is 4.58. The summed E-state index contributed by atoms with van der Waals surface area (Å²) in [6.07, 6.45) is -0.631. The molecule has 0 fully saturated rings. The van der Waals surface area contributed by atoms with Crippen LogP contribution in [-0.4, -0.2) is 36.7 Å². The van der Waals surface area contributed by atoms with E-state index in [1.807, 2.05) is 0 Å². The number of rotatable bonds is 8. The summed E-state index contributed by atoms with van der Waals surface area (Å²) in [6.45, 7) is 2.19. The Morgan fingerprint density at radius 2 is 1.80 bits per heavy atom. The molecule has 10 heteroatoms. The Bertz CT molecular complexity index is 435. The Morgan fingerprint density at radius 3 is 2.20 bits per heavy atom. The quantitative estimate of drug-likeness (QED) is 0.421. The molecule has 1 unspecified atom stereocenters. The van der Waals surface area contributed by atoms with Gasteiger partial charge in [-0.05, 0) is 6.42 Å². The van der Waals surface area contributed by atoms with Gasteiger partial charge in [0.1, 0.15) is 0 Å². The van der Waals surface area contributed by atoms with Crippen molar-refractivity contribution in [1.29, 1.82) is 0 Å². The monoisotopic (exact) mass is 324 g/mol. The summed E-state index contributed by atoms with van der Waals surface area (Å²) < 4.78 is 84.5. The van der Waals surface area contributed by atoms with Crippen molar-refractivity contribution in [2.45, 2.75) is 44.3 Å². The van der Waals surface area contributed by atoms with E-state index in [1.54, 1.807) is 6.92 Å². The van der Waals surface area contributed by atoms with Gasteiger partial charge < -0.3 is 4.74 Å². The van der Waals surface area contributed by atoms with Crippen LogP contribution in [0, 0.1) is 5.92 Å². The van der Waals surface area contributed by atoms with Gasteiger partial charge in [-0.15, -0.1) is 0 Å². The normalized spacial score (nSPS) is 14.9. The van der Waals surface area contributed by atoms with Crippen LogP contribution >= 0.6 is 0 Å². The van der Waals surface area contributed by atoms with Crippen molar-refractivity contribution in [3.8, 4) is 0 Å². The summed E-state index contributed by atoms with van der Waals surface area (Å²) >= 11 is 0. The number of carbonyl (C=O) groups is 1. The molecule has 0 aliphatic carbocycles. The van der Waals surface area contributed by atoms with Crippen molar-refractivity contribution in [3.05, 3.63) is 0 Å². The molecule has 0 heterocycles. The summed E-state index contributed by atoms with van der Waals surface area (Å²) in [5.74, 6) is -6.46. The maximum absolute atomic E-state index is 13.0. The number of esters is 1. The van der Waals surface area contributed by atoms with Crippen LogP contribution < -0.4 is 0 Å². The third-order valence-electron chi connectivity index (χ3n) is 2.53. The molecule has 20 heavy (non-hydrogen) atoms. The molecule has 0 aromatic heterocycles. The topological polar surface area (TPSA) is 80.7 Å². The lowest BCUT2D eigenvalue weighted by Gasteiger charge is -2.23. The Labute approximate surface area is 114 Å². The predicted molar refractivity (Wildman–Crippen MR) is 61.1 cm³/mol. The van der Waals surface area contributed by atoms with Crippen LogP contribution in [0.4, 0.5) is 17.6 Å². The van der Waals surface area contributed by atoms with Crippen LogP contribution in [0.5, 0.6) is 0 Å². The van der Waals surface area contributed by atoms with Crippen LogP contribution in [0.3, 0.4) is 0 Å². The highest BCUT2D eigenvalue weighted by Gasteiger charge is 2.65. The van der Waals surface area contributed by atoms with Gasteiger partial charge in [0.15, 0.2) is 0 Å². The molecule has 0 aliphatic heterocycles. The van der Waals surface area contributed by atoms with Gasteiger partial charge in [0.05, 0.1) is 18.9 Å². The fourth-order valence-corrected chi connectivity index (χ4v) is 1.79. The van der Waals surface area contributed by atoms with Crippen molar-refractivity contribution in [3.63, 3.8) is 0 Å². The van der Waals surface area contributed by atoms with Crippen molar-refractivity contribution in [1.82, 2.24) is 0 Å². The summed E-state index contributed by atoms with van der Waals surface area (Å²) in [6, 6.07) is 0. The molecule has 120 valence electrons. The number of carbonyl (C=O) groups excluding carboxylic acids is 1. The second-order valence-corrected chi connectivity index (χ2v) is 5.77. The second-order valence-electron chi connectivity index (χ2n) is 4.30. The maximum atomic E-state index is 13.0. The molecule has 0 saturated carbocycles. The number of hydrogen-bond donors (Lipinski definition) is 1. The van der Waals surface area contributed by atoms with Gasteiger partial charge in [0.25, 0.3) is 0 Å². The van der Waals surface area contributed by atoms with Crippen LogP contribution in [0.25, 0.3) is 0 Å². The molecule has 0 amide bonds. The first-order valence-electron chi connectivity index (χ1n) is 5.76. The van der Waals surface area contributed by atoms with E-state index in [9.17, 15) is 30.8 Å². The predicted octanol–water partition coefficient (Wildman–Crippen LogP) is 2.47. The lowest BCUT2D eigenvalue weighted by atomic mass is 10.1. The van der Waals surface area contributed by atoms with E-state index < -0.39 is 46.2 Å². The van der Waals surface area contributed by atoms with Gasteiger partial charge in [-0.25, -0.2) is 0 Å².